The van der Waals surface area contributed by atoms with E-state index in [1.807, 2.05) is 0 Å². The van der Waals surface area contributed by atoms with Crippen LogP contribution in [0.25, 0.3) is 0 Å². The largest absolute Gasteiger partial charge is 0.506 e. The first-order valence-electron chi connectivity index (χ1n) is 12.6. The summed E-state index contributed by atoms with van der Waals surface area (Å²) in [6, 6.07) is 0. The van der Waals surface area contributed by atoms with Gasteiger partial charge in [-0.05, 0) is 57.8 Å². The molecule has 0 amide bonds. The number of carboxylic acid groups (broad SMARTS) is 6. The van der Waals surface area contributed by atoms with Crippen LogP contribution in [0.2, 0.25) is 0 Å². The van der Waals surface area contributed by atoms with Crippen molar-refractivity contribution in [1.29, 1.82) is 0 Å². The van der Waals surface area contributed by atoms with Gasteiger partial charge in [-0.2, -0.15) is 0 Å². The maximum absolute atomic E-state index is 10.3. The number of ether oxygens (including phenoxy) is 6. The molecule has 0 bridgehead atoms. The molecule has 0 spiro atoms. The number of carbonyl (C=O) groups is 6. The summed E-state index contributed by atoms with van der Waals surface area (Å²) in [6.07, 6.45) is -4.80. The molecule has 0 aliphatic heterocycles. The Kier molecular flexibility index (Phi) is 15.3. The summed E-state index contributed by atoms with van der Waals surface area (Å²) in [7, 11) is 0. The molecule has 0 aromatic heterocycles. The average Bonchev–Trinajstić information content (AvgIpc) is 3.25. The van der Waals surface area contributed by atoms with Gasteiger partial charge < -0.3 is 59.1 Å². The van der Waals surface area contributed by atoms with Gasteiger partial charge in [0.25, 0.3) is 0 Å². The highest BCUT2D eigenvalue weighted by molar-refractivity contribution is 5.59. The summed E-state index contributed by atoms with van der Waals surface area (Å²) >= 11 is 0. The Balaban J connectivity index is 0.000000308. The van der Waals surface area contributed by atoms with E-state index in [1.165, 1.54) is 0 Å². The van der Waals surface area contributed by atoms with Crippen molar-refractivity contribution in [2.45, 2.75) is 107 Å². The quantitative estimate of drug-likeness (QED) is 0.179. The van der Waals surface area contributed by atoms with E-state index in [2.05, 4.69) is 28.4 Å². The van der Waals surface area contributed by atoms with Crippen molar-refractivity contribution in [3.63, 3.8) is 0 Å². The second kappa shape index (κ2) is 18.1. The van der Waals surface area contributed by atoms with E-state index in [9.17, 15) is 28.8 Å². The number of rotatable bonds is 6. The van der Waals surface area contributed by atoms with Crippen LogP contribution in [0.1, 0.15) is 70.6 Å². The molecule has 0 heterocycles. The lowest BCUT2D eigenvalue weighted by molar-refractivity contribution is -0.0576. The Morgan fingerprint density at radius 2 is 0.634 bits per heavy atom. The summed E-state index contributed by atoms with van der Waals surface area (Å²) in [4.78, 5) is 61.2. The van der Waals surface area contributed by atoms with Crippen LogP contribution in [-0.2, 0) is 28.4 Å². The van der Waals surface area contributed by atoms with E-state index in [4.69, 9.17) is 30.6 Å². The molecule has 3 rings (SSSR count). The van der Waals surface area contributed by atoms with Gasteiger partial charge in [0.2, 0.25) is 0 Å². The Morgan fingerprint density at radius 1 is 0.366 bits per heavy atom. The van der Waals surface area contributed by atoms with Crippen molar-refractivity contribution >= 4 is 36.9 Å². The fraction of sp³-hybridized carbons (Fsp3) is 0.739. The average molecular weight is 599 g/mol. The lowest BCUT2D eigenvalue weighted by Gasteiger charge is -2.28. The zero-order chi connectivity index (χ0) is 30.9. The van der Waals surface area contributed by atoms with Gasteiger partial charge in [0.15, 0.2) is 0 Å². The van der Waals surface area contributed by atoms with Crippen LogP contribution in [0.15, 0.2) is 0 Å². The van der Waals surface area contributed by atoms with Crippen LogP contribution in [0.5, 0.6) is 0 Å². The summed E-state index contributed by atoms with van der Waals surface area (Å²) in [5, 5.41) is 50.0. The smallest absolute Gasteiger partial charge is 0.450 e. The topological polar surface area (TPSA) is 279 Å². The molecule has 0 aromatic rings. The molecule has 234 valence electrons. The number of hydrogen-bond acceptors (Lipinski definition) is 12. The van der Waals surface area contributed by atoms with Crippen LogP contribution >= 0.6 is 0 Å². The van der Waals surface area contributed by atoms with Gasteiger partial charge in [-0.3, -0.25) is 0 Å². The maximum Gasteiger partial charge on any atom is 0.506 e. The molecule has 3 fully saturated rings. The first-order valence-corrected chi connectivity index (χ1v) is 12.6. The molecule has 6 atom stereocenters. The molecule has 3 aliphatic carbocycles. The van der Waals surface area contributed by atoms with E-state index in [1.54, 1.807) is 0 Å². The van der Waals surface area contributed by atoms with Crippen molar-refractivity contribution in [2.24, 2.45) is 0 Å². The number of hydrogen-bond donors (Lipinski definition) is 6. The van der Waals surface area contributed by atoms with Crippen molar-refractivity contribution in [3.8, 4) is 0 Å². The molecule has 3 aliphatic rings. The van der Waals surface area contributed by atoms with E-state index in [0.29, 0.717) is 51.4 Å². The van der Waals surface area contributed by atoms with Gasteiger partial charge in [0.05, 0.1) is 0 Å². The SMILES string of the molecule is O=C(O)OC1CCC(OC(=O)O)C1.O=C(O)OC1CCCC(OC(=O)O)C1.O=C(O)OC1CCCCC1OC(=O)O. The van der Waals surface area contributed by atoms with E-state index in [0.717, 1.165) is 19.3 Å². The van der Waals surface area contributed by atoms with Gasteiger partial charge >= 0.3 is 36.9 Å². The molecule has 6 unspecified atom stereocenters. The lowest BCUT2D eigenvalue weighted by atomic mass is 9.95. The molecule has 6 N–H and O–H groups in total. The van der Waals surface area contributed by atoms with E-state index >= 15 is 0 Å². The van der Waals surface area contributed by atoms with E-state index in [-0.39, 0.29) is 0 Å². The molecular weight excluding hydrogens is 564 g/mol. The molecule has 0 radical (unpaired) electrons. The van der Waals surface area contributed by atoms with Gasteiger partial charge in [-0.25, -0.2) is 28.8 Å². The van der Waals surface area contributed by atoms with Gasteiger partial charge in [-0.1, -0.05) is 0 Å². The van der Waals surface area contributed by atoms with E-state index < -0.39 is 73.6 Å². The van der Waals surface area contributed by atoms with Gasteiger partial charge in [0.1, 0.15) is 36.6 Å². The van der Waals surface area contributed by atoms with Crippen molar-refractivity contribution in [1.82, 2.24) is 0 Å². The highest BCUT2D eigenvalue weighted by Gasteiger charge is 2.32. The second-order valence-corrected chi connectivity index (χ2v) is 9.13. The summed E-state index contributed by atoms with van der Waals surface area (Å²) < 4.78 is 27.1. The third-order valence-electron chi connectivity index (χ3n) is 6.13. The normalized spacial score (nSPS) is 26.6. The predicted octanol–water partition coefficient (Wildman–Crippen LogP) is 4.67. The first-order chi connectivity index (χ1) is 19.2. The fourth-order valence-electron chi connectivity index (χ4n) is 4.59. The predicted molar refractivity (Wildman–Crippen MR) is 128 cm³/mol. The minimum atomic E-state index is -1.39. The summed E-state index contributed by atoms with van der Waals surface area (Å²) in [5.41, 5.74) is 0. The van der Waals surface area contributed by atoms with Crippen molar-refractivity contribution in [3.05, 3.63) is 0 Å². The zero-order valence-electron chi connectivity index (χ0n) is 21.8. The third kappa shape index (κ3) is 16.4. The molecule has 0 saturated heterocycles. The Bertz CT molecular complexity index is 822. The summed E-state index contributed by atoms with van der Waals surface area (Å²) in [5.74, 6) is 0. The van der Waals surface area contributed by atoms with Crippen LogP contribution in [0.4, 0.5) is 28.8 Å². The molecule has 3 saturated carbocycles. The Morgan fingerprint density at radius 3 is 0.902 bits per heavy atom. The molecule has 18 nitrogen and oxygen atoms in total. The van der Waals surface area contributed by atoms with Crippen LogP contribution in [-0.4, -0.2) is 104 Å². The van der Waals surface area contributed by atoms with Gasteiger partial charge in [0, 0.05) is 12.8 Å². The van der Waals surface area contributed by atoms with Gasteiger partial charge in [-0.15, -0.1) is 0 Å². The fourth-order valence-corrected chi connectivity index (χ4v) is 4.59. The Labute approximate surface area is 232 Å². The van der Waals surface area contributed by atoms with Crippen LogP contribution < -0.4 is 0 Å². The lowest BCUT2D eigenvalue weighted by Crippen LogP contribution is -2.37. The molecule has 0 aromatic carbocycles. The second-order valence-electron chi connectivity index (χ2n) is 9.13. The molecular formula is C23H34O18. The maximum atomic E-state index is 10.3. The minimum absolute atomic E-state index is 0.318. The Hall–Kier alpha value is -4.38. The van der Waals surface area contributed by atoms with Crippen molar-refractivity contribution in [2.75, 3.05) is 0 Å². The van der Waals surface area contributed by atoms with Crippen molar-refractivity contribution < 1.29 is 87.8 Å². The van der Waals surface area contributed by atoms with Crippen LogP contribution in [0, 0.1) is 0 Å². The molecule has 41 heavy (non-hydrogen) atoms. The summed E-state index contributed by atoms with van der Waals surface area (Å²) in [6.45, 7) is 0. The zero-order valence-corrected chi connectivity index (χ0v) is 21.8. The minimum Gasteiger partial charge on any atom is -0.450 e. The monoisotopic (exact) mass is 598 g/mol. The molecule has 18 heteroatoms. The highest BCUT2D eigenvalue weighted by atomic mass is 16.7. The van der Waals surface area contributed by atoms with Crippen LogP contribution in [0.3, 0.4) is 0 Å². The first kappa shape index (κ1) is 34.6. The highest BCUT2D eigenvalue weighted by Crippen LogP contribution is 2.26. The standard InChI is InChI=1S/2C8H12O6.C7H10O6/c9-7(10)13-5-2-1-3-6(4-5)14-8(11)12;9-7(10)13-5-3-1-2-4-6(5)14-8(11)12;8-6(9)12-4-1-2-5(3-4)13-7(10)11/h2*5-6H,1-4H2,(H,9,10)(H,11,12);4-5H,1-3H2,(H,8,9)(H,10,11). The third-order valence-corrected chi connectivity index (χ3v) is 6.13.